The predicted octanol–water partition coefficient (Wildman–Crippen LogP) is 5.06. The molecule has 3 aromatic rings. The number of sulfonamides is 1. The molecule has 1 N–H and O–H groups in total. The molecule has 0 saturated carbocycles. The van der Waals surface area contributed by atoms with Crippen LogP contribution in [0.5, 0.6) is 5.75 Å². The molecule has 0 aromatic heterocycles. The summed E-state index contributed by atoms with van der Waals surface area (Å²) in [5.41, 5.74) is 1.72. The van der Waals surface area contributed by atoms with Crippen molar-refractivity contribution in [1.82, 2.24) is 0 Å². The molecular weight excluding hydrogens is 504 g/mol. The minimum absolute atomic E-state index is 0.0106. The largest absolute Gasteiger partial charge is 0.494 e. The maximum absolute atomic E-state index is 13.5. The number of carbonyl (C=O) groups is 2. The molecule has 0 bridgehead atoms. The molecule has 0 spiro atoms. The van der Waals surface area contributed by atoms with Gasteiger partial charge in [0.15, 0.2) is 0 Å². The maximum Gasteiger partial charge on any atom is 0.338 e. The number of ether oxygens (including phenoxy) is 2. The molecule has 0 unspecified atom stereocenters. The lowest BCUT2D eigenvalue weighted by molar-refractivity contribution is -0.114. The van der Waals surface area contributed by atoms with Crippen LogP contribution < -0.4 is 14.4 Å². The van der Waals surface area contributed by atoms with Crippen molar-refractivity contribution < 1.29 is 27.5 Å². The number of esters is 1. The van der Waals surface area contributed by atoms with E-state index in [1.807, 2.05) is 6.92 Å². The van der Waals surface area contributed by atoms with Gasteiger partial charge in [0.2, 0.25) is 5.91 Å². The van der Waals surface area contributed by atoms with Crippen molar-refractivity contribution in [2.24, 2.45) is 0 Å². The molecular formula is C26H27ClN2O6S. The molecule has 0 atom stereocenters. The summed E-state index contributed by atoms with van der Waals surface area (Å²) in [4.78, 5) is 25.0. The van der Waals surface area contributed by atoms with E-state index < -0.39 is 28.4 Å². The number of carbonyl (C=O) groups excluding carboxylic acids is 2. The molecule has 10 heteroatoms. The standard InChI is InChI=1S/C26H27ClN2O6S/c1-4-34-22-11-9-21(10-12-22)29(36(32,33)23-13-7-20(27)8-14-23)17-25(30)28-24-15-6-19(16-18(24)3)26(31)35-5-2/h6-16H,4-5,17H2,1-3H3,(H,28,30). The number of rotatable bonds is 10. The molecule has 0 aliphatic heterocycles. The van der Waals surface area contributed by atoms with Crippen molar-refractivity contribution in [1.29, 1.82) is 0 Å². The number of aryl methyl sites for hydroxylation is 1. The molecule has 0 saturated heterocycles. The zero-order chi connectivity index (χ0) is 26.3. The highest BCUT2D eigenvalue weighted by molar-refractivity contribution is 7.92. The first-order valence-corrected chi connectivity index (χ1v) is 13.1. The van der Waals surface area contributed by atoms with Crippen LogP contribution in [-0.2, 0) is 19.6 Å². The van der Waals surface area contributed by atoms with Gasteiger partial charge in [-0.1, -0.05) is 11.6 Å². The van der Waals surface area contributed by atoms with E-state index >= 15 is 0 Å². The fourth-order valence-corrected chi connectivity index (χ4v) is 4.94. The Morgan fingerprint density at radius 1 is 0.944 bits per heavy atom. The topological polar surface area (TPSA) is 102 Å². The molecule has 1 amide bonds. The van der Waals surface area contributed by atoms with E-state index in [0.717, 1.165) is 4.31 Å². The molecule has 3 aromatic carbocycles. The van der Waals surface area contributed by atoms with Crippen molar-refractivity contribution in [3.8, 4) is 5.75 Å². The van der Waals surface area contributed by atoms with Gasteiger partial charge in [0.05, 0.1) is 29.4 Å². The zero-order valence-corrected chi connectivity index (χ0v) is 21.7. The maximum atomic E-state index is 13.5. The molecule has 36 heavy (non-hydrogen) atoms. The smallest absolute Gasteiger partial charge is 0.338 e. The number of nitrogens with one attached hydrogen (secondary N) is 1. The van der Waals surface area contributed by atoms with Crippen molar-refractivity contribution in [2.75, 3.05) is 29.4 Å². The number of nitrogens with zero attached hydrogens (tertiary/aromatic N) is 1. The third-order valence-corrected chi connectivity index (χ3v) is 7.18. The second-order valence-corrected chi connectivity index (χ2v) is 9.99. The van der Waals surface area contributed by atoms with Gasteiger partial charge in [-0.2, -0.15) is 0 Å². The van der Waals surface area contributed by atoms with Gasteiger partial charge in [0.1, 0.15) is 12.3 Å². The lowest BCUT2D eigenvalue weighted by Crippen LogP contribution is -2.38. The van der Waals surface area contributed by atoms with Crippen LogP contribution in [-0.4, -0.2) is 40.1 Å². The van der Waals surface area contributed by atoms with E-state index in [-0.39, 0.29) is 17.2 Å². The molecule has 0 aliphatic carbocycles. The fourth-order valence-electron chi connectivity index (χ4n) is 3.39. The number of anilines is 2. The van der Waals surface area contributed by atoms with Crippen molar-refractivity contribution in [3.63, 3.8) is 0 Å². The second-order valence-electron chi connectivity index (χ2n) is 7.69. The lowest BCUT2D eigenvalue weighted by atomic mass is 10.1. The number of halogens is 1. The average molecular weight is 531 g/mol. The Labute approximate surface area is 215 Å². The third-order valence-electron chi connectivity index (χ3n) is 5.14. The minimum atomic E-state index is -4.11. The van der Waals surface area contributed by atoms with Crippen LogP contribution in [0.25, 0.3) is 0 Å². The van der Waals surface area contributed by atoms with Crippen LogP contribution in [0.15, 0.2) is 71.6 Å². The lowest BCUT2D eigenvalue weighted by Gasteiger charge is -2.24. The summed E-state index contributed by atoms with van der Waals surface area (Å²) in [6.07, 6.45) is 0. The first-order valence-electron chi connectivity index (χ1n) is 11.2. The number of hydrogen-bond donors (Lipinski definition) is 1. The summed E-state index contributed by atoms with van der Waals surface area (Å²) < 4.78 is 38.5. The first-order chi connectivity index (χ1) is 17.1. The summed E-state index contributed by atoms with van der Waals surface area (Å²) in [6, 6.07) is 16.9. The molecule has 0 fully saturated rings. The highest BCUT2D eigenvalue weighted by Gasteiger charge is 2.27. The molecule has 0 radical (unpaired) electrons. The van der Waals surface area contributed by atoms with Crippen molar-refractivity contribution in [2.45, 2.75) is 25.7 Å². The normalized spacial score (nSPS) is 11.0. The van der Waals surface area contributed by atoms with Crippen LogP contribution in [0.2, 0.25) is 5.02 Å². The van der Waals surface area contributed by atoms with E-state index in [2.05, 4.69) is 5.32 Å². The Morgan fingerprint density at radius 2 is 1.61 bits per heavy atom. The second kappa shape index (κ2) is 11.9. The van der Waals surface area contributed by atoms with Crippen LogP contribution in [0.1, 0.15) is 29.8 Å². The van der Waals surface area contributed by atoms with Gasteiger partial charge in [-0.25, -0.2) is 13.2 Å². The van der Waals surface area contributed by atoms with Gasteiger partial charge in [-0.3, -0.25) is 9.10 Å². The Bertz CT molecular complexity index is 1330. The van der Waals surface area contributed by atoms with Crippen LogP contribution in [0.4, 0.5) is 11.4 Å². The Balaban J connectivity index is 1.89. The monoisotopic (exact) mass is 530 g/mol. The number of amides is 1. The van der Waals surface area contributed by atoms with Gasteiger partial charge in [0.25, 0.3) is 10.0 Å². The van der Waals surface area contributed by atoms with E-state index in [9.17, 15) is 18.0 Å². The Hall–Kier alpha value is -3.56. The van der Waals surface area contributed by atoms with E-state index in [1.165, 1.54) is 30.3 Å². The first kappa shape index (κ1) is 27.0. The van der Waals surface area contributed by atoms with Crippen LogP contribution in [0.3, 0.4) is 0 Å². The van der Waals surface area contributed by atoms with Crippen LogP contribution >= 0.6 is 11.6 Å². The summed E-state index contributed by atoms with van der Waals surface area (Å²) >= 11 is 5.93. The van der Waals surface area contributed by atoms with E-state index in [1.54, 1.807) is 50.2 Å². The summed E-state index contributed by atoms with van der Waals surface area (Å²) in [5.74, 6) is -0.450. The molecule has 8 nitrogen and oxygen atoms in total. The van der Waals surface area contributed by atoms with Crippen molar-refractivity contribution in [3.05, 3.63) is 82.9 Å². The van der Waals surface area contributed by atoms with Gasteiger partial charge >= 0.3 is 5.97 Å². The highest BCUT2D eigenvalue weighted by atomic mass is 35.5. The molecule has 0 heterocycles. The quantitative estimate of drug-likeness (QED) is 0.368. The van der Waals surface area contributed by atoms with Gasteiger partial charge in [-0.05, 0) is 93.1 Å². The third kappa shape index (κ3) is 6.56. The fraction of sp³-hybridized carbons (Fsp3) is 0.231. The van der Waals surface area contributed by atoms with Crippen molar-refractivity contribution >= 4 is 44.9 Å². The molecule has 0 aliphatic rings. The zero-order valence-electron chi connectivity index (χ0n) is 20.2. The Kier molecular flexibility index (Phi) is 8.95. The predicted molar refractivity (Wildman–Crippen MR) is 139 cm³/mol. The highest BCUT2D eigenvalue weighted by Crippen LogP contribution is 2.27. The Morgan fingerprint density at radius 3 is 2.19 bits per heavy atom. The number of benzene rings is 3. The van der Waals surface area contributed by atoms with Gasteiger partial charge in [-0.15, -0.1) is 0 Å². The molecule has 190 valence electrons. The summed E-state index contributed by atoms with van der Waals surface area (Å²) in [7, 11) is -4.11. The minimum Gasteiger partial charge on any atom is -0.494 e. The van der Waals surface area contributed by atoms with Crippen LogP contribution in [0, 0.1) is 6.92 Å². The van der Waals surface area contributed by atoms with Gasteiger partial charge in [0, 0.05) is 10.7 Å². The molecule has 3 rings (SSSR count). The summed E-state index contributed by atoms with van der Waals surface area (Å²) in [5, 5.41) is 3.12. The SMILES string of the molecule is CCOC(=O)c1ccc(NC(=O)CN(c2ccc(OCC)cc2)S(=O)(=O)c2ccc(Cl)cc2)c(C)c1. The number of hydrogen-bond acceptors (Lipinski definition) is 6. The van der Waals surface area contributed by atoms with E-state index in [4.69, 9.17) is 21.1 Å². The average Bonchev–Trinajstić information content (AvgIpc) is 2.85. The van der Waals surface area contributed by atoms with Gasteiger partial charge < -0.3 is 14.8 Å². The van der Waals surface area contributed by atoms with E-state index in [0.29, 0.717) is 34.2 Å². The summed E-state index contributed by atoms with van der Waals surface area (Å²) in [6.45, 7) is 5.51.